The van der Waals surface area contributed by atoms with Crippen molar-refractivity contribution in [3.05, 3.63) is 91.6 Å². The number of carbonyl (C=O) groups excluding carboxylic acids is 1. The lowest BCUT2D eigenvalue weighted by atomic mass is 9.71. The number of hydrogen-bond acceptors (Lipinski definition) is 11. The fourth-order valence-corrected chi connectivity index (χ4v) is 9.56. The van der Waals surface area contributed by atoms with Crippen molar-refractivity contribution < 1.29 is 26.4 Å². The molecule has 0 bridgehead atoms. The monoisotopic (exact) mass is 848 g/mol. The molecule has 0 spiro atoms. The Morgan fingerprint density at radius 3 is 2.59 bits per heavy atom. The van der Waals surface area contributed by atoms with Crippen LogP contribution in [0.2, 0.25) is 5.02 Å². The van der Waals surface area contributed by atoms with Gasteiger partial charge in [-0.2, -0.15) is 18.4 Å². The molecule has 0 atom stereocenters. The SMILES string of the molecule is Cc1nc2cnc(N(C)C3CCN(C4(C)CC(=CC(F)(F)F)C4)CC3)c(C#N)c2c(=O)n1CC#Cc1ccc(Cl)cc1-c1ccnc2c(C(=O)NS(C)(=O)=O)csc12. The van der Waals surface area contributed by atoms with Crippen molar-refractivity contribution in [1.82, 2.24) is 29.1 Å². The number of thiophene rings is 1. The number of hydrogen-bond donors (Lipinski definition) is 1. The van der Waals surface area contributed by atoms with E-state index in [-0.39, 0.29) is 40.2 Å². The number of aryl methyl sites for hydroxylation is 1. The first kappa shape index (κ1) is 40.9. The number of benzene rings is 1. The number of amides is 1. The number of sulfonamides is 1. The Kier molecular flexibility index (Phi) is 10.9. The minimum absolute atomic E-state index is 0.0192. The number of fused-ring (bicyclic) bond motifs is 2. The summed E-state index contributed by atoms with van der Waals surface area (Å²) in [4.78, 5) is 44.5. The van der Waals surface area contributed by atoms with Gasteiger partial charge in [-0.25, -0.2) is 23.1 Å². The number of anilines is 1. The molecule has 2 fully saturated rings. The van der Waals surface area contributed by atoms with Gasteiger partial charge in [-0.3, -0.25) is 24.0 Å². The summed E-state index contributed by atoms with van der Waals surface area (Å²) in [5.74, 6) is 6.13. The Labute approximate surface area is 341 Å². The van der Waals surface area contributed by atoms with Gasteiger partial charge in [-0.1, -0.05) is 29.0 Å². The second-order valence-corrected chi connectivity index (χ2v) is 17.8. The van der Waals surface area contributed by atoms with Crippen LogP contribution in [0.3, 0.4) is 0 Å². The molecule has 58 heavy (non-hydrogen) atoms. The van der Waals surface area contributed by atoms with Gasteiger partial charge in [-0.15, -0.1) is 11.3 Å². The number of likely N-dealkylation sites (tertiary alicyclic amines) is 1. The normalized spacial score (nSPS) is 17.7. The van der Waals surface area contributed by atoms with Crippen molar-refractivity contribution in [3.8, 4) is 29.0 Å². The summed E-state index contributed by atoms with van der Waals surface area (Å²) in [6, 6.07) is 9.05. The summed E-state index contributed by atoms with van der Waals surface area (Å²) in [6.07, 6.45) is 2.14. The van der Waals surface area contributed by atoms with E-state index < -0.39 is 27.7 Å². The number of nitrogens with one attached hydrogen (secondary N) is 1. The predicted octanol–water partition coefficient (Wildman–Crippen LogP) is 6.58. The van der Waals surface area contributed by atoms with Crippen molar-refractivity contribution in [3.63, 3.8) is 0 Å². The number of alkyl halides is 3. The summed E-state index contributed by atoms with van der Waals surface area (Å²) in [5, 5.41) is 12.5. The quantitative estimate of drug-likeness (QED) is 0.140. The molecule has 18 heteroatoms. The van der Waals surface area contributed by atoms with E-state index in [0.717, 1.165) is 6.26 Å². The van der Waals surface area contributed by atoms with E-state index >= 15 is 0 Å². The maximum Gasteiger partial charge on any atom is 0.409 e. The van der Waals surface area contributed by atoms with Crippen LogP contribution in [0.25, 0.3) is 32.2 Å². The first-order valence-corrected chi connectivity index (χ1v) is 21.2. The number of halogens is 4. The zero-order valence-electron chi connectivity index (χ0n) is 31.7. The van der Waals surface area contributed by atoms with Crippen molar-refractivity contribution in [2.24, 2.45) is 0 Å². The minimum atomic E-state index is -4.31. The highest BCUT2D eigenvalue weighted by Crippen LogP contribution is 2.45. The summed E-state index contributed by atoms with van der Waals surface area (Å²) >= 11 is 7.64. The third kappa shape index (κ3) is 8.17. The second kappa shape index (κ2) is 15.4. The van der Waals surface area contributed by atoms with Gasteiger partial charge in [0.25, 0.3) is 11.5 Å². The number of allylic oxidation sites excluding steroid dienone is 1. The van der Waals surface area contributed by atoms with Gasteiger partial charge in [0, 0.05) is 71.1 Å². The molecule has 5 heterocycles. The van der Waals surface area contributed by atoms with Gasteiger partial charge < -0.3 is 4.90 Å². The molecule has 0 radical (unpaired) electrons. The van der Waals surface area contributed by atoms with E-state index in [1.807, 2.05) is 23.6 Å². The maximum atomic E-state index is 14.1. The summed E-state index contributed by atoms with van der Waals surface area (Å²) in [7, 11) is -1.97. The van der Waals surface area contributed by atoms with Crippen molar-refractivity contribution in [1.29, 1.82) is 5.26 Å². The molecular weight excluding hydrogens is 813 g/mol. The van der Waals surface area contributed by atoms with Crippen LogP contribution in [0.4, 0.5) is 19.0 Å². The van der Waals surface area contributed by atoms with Crippen LogP contribution in [0.15, 0.2) is 58.5 Å². The van der Waals surface area contributed by atoms with Gasteiger partial charge in [0.05, 0.1) is 45.7 Å². The molecule has 4 aromatic heterocycles. The Balaban J connectivity index is 1.14. The zero-order valence-corrected chi connectivity index (χ0v) is 34.1. The van der Waals surface area contributed by atoms with Gasteiger partial charge in [0.2, 0.25) is 10.0 Å². The fraction of sp³-hybridized carbons (Fsp3) is 0.350. The fourth-order valence-electron chi connectivity index (χ4n) is 7.91. The van der Waals surface area contributed by atoms with Crippen molar-refractivity contribution in [2.75, 3.05) is 31.3 Å². The highest BCUT2D eigenvalue weighted by molar-refractivity contribution is 7.89. The number of carbonyl (C=O) groups is 1. The summed E-state index contributed by atoms with van der Waals surface area (Å²) < 4.78 is 66.0. The second-order valence-electron chi connectivity index (χ2n) is 14.8. The van der Waals surface area contributed by atoms with Crippen LogP contribution in [0.1, 0.15) is 59.9 Å². The molecule has 1 aromatic carbocycles. The Morgan fingerprint density at radius 2 is 1.91 bits per heavy atom. The molecule has 5 aromatic rings. The zero-order chi connectivity index (χ0) is 41.7. The lowest BCUT2D eigenvalue weighted by Gasteiger charge is -2.52. The summed E-state index contributed by atoms with van der Waals surface area (Å²) in [5.41, 5.74) is 2.28. The molecule has 1 N–H and O–H groups in total. The molecule has 7 rings (SSSR count). The average Bonchev–Trinajstić information content (AvgIpc) is 3.59. The Bertz CT molecular complexity index is 2800. The first-order valence-electron chi connectivity index (χ1n) is 18.1. The van der Waals surface area contributed by atoms with Crippen molar-refractivity contribution >= 4 is 65.8 Å². The first-order chi connectivity index (χ1) is 27.4. The predicted molar refractivity (Wildman–Crippen MR) is 217 cm³/mol. The number of rotatable bonds is 7. The van der Waals surface area contributed by atoms with Gasteiger partial charge >= 0.3 is 6.18 Å². The van der Waals surface area contributed by atoms with E-state index in [1.54, 1.807) is 31.2 Å². The van der Waals surface area contributed by atoms with Gasteiger partial charge in [0.1, 0.15) is 23.3 Å². The smallest absolute Gasteiger partial charge is 0.355 e. The lowest BCUT2D eigenvalue weighted by molar-refractivity contribution is -0.0825. The average molecular weight is 849 g/mol. The number of piperidine rings is 1. The van der Waals surface area contributed by atoms with E-state index in [2.05, 4.69) is 37.8 Å². The van der Waals surface area contributed by atoms with Gasteiger partial charge in [-0.05, 0) is 63.8 Å². The van der Waals surface area contributed by atoms with Gasteiger partial charge in [0.15, 0.2) is 0 Å². The molecule has 1 saturated carbocycles. The van der Waals surface area contributed by atoms with E-state index in [1.165, 1.54) is 33.7 Å². The number of nitriles is 1. The van der Waals surface area contributed by atoms with E-state index in [9.17, 15) is 36.4 Å². The molecule has 1 aliphatic heterocycles. The third-order valence-electron chi connectivity index (χ3n) is 10.7. The maximum absolute atomic E-state index is 14.1. The van der Waals surface area contributed by atoms with Crippen LogP contribution in [-0.2, 0) is 16.6 Å². The minimum Gasteiger partial charge on any atom is -0.355 e. The van der Waals surface area contributed by atoms with Crippen LogP contribution < -0.4 is 15.2 Å². The van der Waals surface area contributed by atoms with E-state index in [4.69, 9.17) is 11.6 Å². The molecule has 300 valence electrons. The summed E-state index contributed by atoms with van der Waals surface area (Å²) in [6.45, 7) is 4.94. The highest BCUT2D eigenvalue weighted by atomic mass is 35.5. The molecule has 12 nitrogen and oxygen atoms in total. The topological polar surface area (TPSA) is 154 Å². The Morgan fingerprint density at radius 1 is 1.19 bits per heavy atom. The standard InChI is InChI=1S/C40H36ClF3N8O4S2/c1-23-48-32-21-47-36(50(3)27-10-14-51(15-11-27)39(2)17-24(18-39)19-40(42,43)44)30(20-45)33(32)38(54)52(23)13-5-6-25-7-8-26(41)16-29(25)28-9-12-46-34-31(22-57-35(28)34)37(53)49-58(4,55)56/h7-9,12,16,19,21-22,27H,10-11,13-15,17-18H2,1-4H3,(H,49,53). The molecular formula is C40H36ClF3N8O4S2. The molecule has 1 saturated heterocycles. The Hall–Kier alpha value is -5.33. The number of nitrogens with zero attached hydrogens (tertiary/aromatic N) is 7. The molecule has 1 amide bonds. The van der Waals surface area contributed by atoms with Crippen LogP contribution in [0.5, 0.6) is 0 Å². The van der Waals surface area contributed by atoms with Crippen LogP contribution >= 0.6 is 22.9 Å². The van der Waals surface area contributed by atoms with Crippen LogP contribution in [0, 0.1) is 30.1 Å². The molecule has 1 aliphatic carbocycles. The number of pyridine rings is 2. The third-order valence-corrected chi connectivity index (χ3v) is 12.5. The molecule has 0 unspecified atom stereocenters. The highest BCUT2D eigenvalue weighted by Gasteiger charge is 2.44. The number of aromatic nitrogens is 4. The largest absolute Gasteiger partial charge is 0.409 e. The van der Waals surface area contributed by atoms with Crippen molar-refractivity contribution in [2.45, 2.75) is 63.8 Å². The van der Waals surface area contributed by atoms with Crippen LogP contribution in [-0.4, -0.2) is 82.9 Å². The lowest BCUT2D eigenvalue weighted by Crippen LogP contribution is -2.57. The molecule has 2 aliphatic rings. The van der Waals surface area contributed by atoms with E-state index in [0.29, 0.717) is 94.0 Å².